The van der Waals surface area contributed by atoms with Crippen molar-refractivity contribution in [1.29, 1.82) is 0 Å². The van der Waals surface area contributed by atoms with Gasteiger partial charge in [-0.05, 0) is 36.8 Å². The minimum Gasteiger partial charge on any atom is -0.366 e. The van der Waals surface area contributed by atoms with Crippen LogP contribution < -0.4 is 16.4 Å². The Morgan fingerprint density at radius 3 is 2.56 bits per heavy atom. The van der Waals surface area contributed by atoms with E-state index < -0.39 is 11.9 Å². The summed E-state index contributed by atoms with van der Waals surface area (Å²) in [6.45, 7) is 1.73. The van der Waals surface area contributed by atoms with Crippen LogP contribution in [0.15, 0.2) is 35.5 Å². The summed E-state index contributed by atoms with van der Waals surface area (Å²) in [5, 5.41) is 6.21. The molecule has 0 unspecified atom stereocenters. The lowest BCUT2D eigenvalue weighted by molar-refractivity contribution is -0.115. The molecule has 0 saturated heterocycles. The van der Waals surface area contributed by atoms with Gasteiger partial charge in [0.15, 0.2) is 5.11 Å². The van der Waals surface area contributed by atoms with E-state index in [1.54, 1.807) is 19.1 Å². The summed E-state index contributed by atoms with van der Waals surface area (Å²) in [6, 6.07) is 5.40. The third-order valence-corrected chi connectivity index (χ3v) is 2.96. The van der Waals surface area contributed by atoms with Gasteiger partial charge in [-0.25, -0.2) is 4.39 Å². The van der Waals surface area contributed by atoms with Gasteiger partial charge < -0.3 is 16.4 Å². The van der Waals surface area contributed by atoms with Crippen LogP contribution in [0.1, 0.15) is 18.5 Å². The van der Waals surface area contributed by atoms with Crippen molar-refractivity contribution in [2.75, 3.05) is 0 Å². The molecule has 6 heteroatoms. The summed E-state index contributed by atoms with van der Waals surface area (Å²) in [5.41, 5.74) is 7.11. The zero-order valence-corrected chi connectivity index (χ0v) is 10.5. The van der Waals surface area contributed by atoms with E-state index in [9.17, 15) is 9.18 Å². The molecule has 1 aromatic carbocycles. The van der Waals surface area contributed by atoms with Gasteiger partial charge in [0.05, 0.1) is 11.6 Å². The molecule has 1 aliphatic heterocycles. The number of carbonyl (C=O) groups is 1. The number of amides is 1. The Balaban J connectivity index is 2.46. The van der Waals surface area contributed by atoms with E-state index in [1.807, 2.05) is 0 Å². The molecule has 1 aliphatic rings. The van der Waals surface area contributed by atoms with Crippen LogP contribution in [0.4, 0.5) is 4.39 Å². The van der Waals surface area contributed by atoms with Gasteiger partial charge in [-0.3, -0.25) is 4.79 Å². The molecule has 1 heterocycles. The zero-order chi connectivity index (χ0) is 13.3. The van der Waals surface area contributed by atoms with Crippen LogP contribution in [0.5, 0.6) is 0 Å². The second kappa shape index (κ2) is 4.73. The lowest BCUT2D eigenvalue weighted by Crippen LogP contribution is -2.46. The molecule has 0 aliphatic carbocycles. The molecule has 4 N–H and O–H groups in total. The zero-order valence-electron chi connectivity index (χ0n) is 9.66. The van der Waals surface area contributed by atoms with E-state index in [4.69, 9.17) is 18.0 Å². The molecular weight excluding hydrogens is 253 g/mol. The number of nitrogens with one attached hydrogen (secondary N) is 2. The highest BCUT2D eigenvalue weighted by molar-refractivity contribution is 7.80. The Morgan fingerprint density at radius 2 is 2.00 bits per heavy atom. The average molecular weight is 265 g/mol. The third-order valence-electron chi connectivity index (χ3n) is 2.74. The molecule has 0 bridgehead atoms. The fraction of sp³-hybridized carbons (Fsp3) is 0.167. The summed E-state index contributed by atoms with van der Waals surface area (Å²) in [7, 11) is 0. The first kappa shape index (κ1) is 12.5. The molecule has 2 rings (SSSR count). The fourth-order valence-electron chi connectivity index (χ4n) is 1.93. The van der Waals surface area contributed by atoms with E-state index in [0.29, 0.717) is 16.4 Å². The number of halogens is 1. The second-order valence-electron chi connectivity index (χ2n) is 3.99. The highest BCUT2D eigenvalue weighted by atomic mass is 32.1. The van der Waals surface area contributed by atoms with Crippen LogP contribution >= 0.6 is 12.2 Å². The third kappa shape index (κ3) is 2.33. The van der Waals surface area contributed by atoms with E-state index in [1.165, 1.54) is 12.1 Å². The van der Waals surface area contributed by atoms with E-state index in [-0.39, 0.29) is 5.82 Å². The molecule has 18 heavy (non-hydrogen) atoms. The van der Waals surface area contributed by atoms with Crippen LogP contribution in [-0.4, -0.2) is 11.0 Å². The van der Waals surface area contributed by atoms with Crippen molar-refractivity contribution in [2.45, 2.75) is 13.0 Å². The molecule has 4 nitrogen and oxygen atoms in total. The normalized spacial score (nSPS) is 19.2. The van der Waals surface area contributed by atoms with Crippen molar-refractivity contribution >= 4 is 23.2 Å². The first-order valence-corrected chi connectivity index (χ1v) is 5.73. The Bertz CT molecular complexity index is 539. The van der Waals surface area contributed by atoms with Crippen molar-refractivity contribution < 1.29 is 9.18 Å². The maximum absolute atomic E-state index is 12.9. The molecule has 94 valence electrons. The van der Waals surface area contributed by atoms with Crippen molar-refractivity contribution in [1.82, 2.24) is 10.6 Å². The Hall–Kier alpha value is -1.95. The number of nitrogens with two attached hydrogens (primary N) is 1. The van der Waals surface area contributed by atoms with Gasteiger partial charge in [0.2, 0.25) is 5.91 Å². The van der Waals surface area contributed by atoms with Crippen LogP contribution in [0.2, 0.25) is 0 Å². The van der Waals surface area contributed by atoms with Gasteiger partial charge >= 0.3 is 0 Å². The molecule has 1 atom stereocenters. The molecular formula is C12H12FN3OS. The number of rotatable bonds is 2. The number of thiocarbonyl (C=S) groups is 1. The Kier molecular flexibility index (Phi) is 3.29. The minimum atomic E-state index is -0.538. The number of hydrogen-bond acceptors (Lipinski definition) is 2. The van der Waals surface area contributed by atoms with Gasteiger partial charge in [0.1, 0.15) is 5.82 Å². The Morgan fingerprint density at radius 1 is 1.39 bits per heavy atom. The second-order valence-corrected chi connectivity index (χ2v) is 4.39. The van der Waals surface area contributed by atoms with Crippen molar-refractivity contribution in [3.63, 3.8) is 0 Å². The lowest BCUT2D eigenvalue weighted by Gasteiger charge is -2.29. The van der Waals surface area contributed by atoms with E-state index >= 15 is 0 Å². The standard InChI is InChI=1S/C12H12FN3OS/c1-6-9(11(14)17)10(16-12(18)15-6)7-2-4-8(13)5-3-7/h2-5,10H,1H3,(H2,14,17)(H2,15,16,18)/t10-/m0/s1. The highest BCUT2D eigenvalue weighted by Crippen LogP contribution is 2.26. The molecule has 0 radical (unpaired) electrons. The Labute approximate surface area is 109 Å². The van der Waals surface area contributed by atoms with E-state index in [0.717, 1.165) is 5.56 Å². The van der Waals surface area contributed by atoms with Gasteiger partial charge in [0.25, 0.3) is 0 Å². The molecule has 0 fully saturated rings. The predicted octanol–water partition coefficient (Wildman–Crippen LogP) is 1.10. The summed E-state index contributed by atoms with van der Waals surface area (Å²) < 4.78 is 12.9. The molecule has 1 amide bonds. The van der Waals surface area contributed by atoms with Crippen LogP contribution in [-0.2, 0) is 4.79 Å². The summed E-state index contributed by atoms with van der Waals surface area (Å²) in [4.78, 5) is 11.5. The van der Waals surface area contributed by atoms with Crippen molar-refractivity contribution in [3.8, 4) is 0 Å². The molecule has 0 aromatic heterocycles. The number of carbonyl (C=O) groups excluding carboxylic acids is 1. The maximum Gasteiger partial charge on any atom is 0.248 e. The summed E-state index contributed by atoms with van der Waals surface area (Å²) >= 11 is 5.04. The van der Waals surface area contributed by atoms with Gasteiger partial charge in [0, 0.05) is 5.70 Å². The first-order chi connectivity index (χ1) is 8.49. The van der Waals surface area contributed by atoms with Crippen LogP contribution in [0.3, 0.4) is 0 Å². The summed E-state index contributed by atoms with van der Waals surface area (Å²) in [6.07, 6.45) is 0. The van der Waals surface area contributed by atoms with E-state index in [2.05, 4.69) is 10.6 Å². The topological polar surface area (TPSA) is 67.2 Å². The SMILES string of the molecule is CC1=C(C(N)=O)[C@H](c2ccc(F)cc2)NC(=S)N1. The first-order valence-electron chi connectivity index (χ1n) is 5.32. The minimum absolute atomic E-state index is 0.336. The number of hydrogen-bond donors (Lipinski definition) is 3. The maximum atomic E-state index is 12.9. The number of primary amides is 1. The highest BCUT2D eigenvalue weighted by Gasteiger charge is 2.28. The molecule has 1 aromatic rings. The van der Waals surface area contributed by atoms with Crippen molar-refractivity contribution in [2.24, 2.45) is 5.73 Å². The van der Waals surface area contributed by atoms with Crippen LogP contribution in [0.25, 0.3) is 0 Å². The predicted molar refractivity (Wildman–Crippen MR) is 69.9 cm³/mol. The van der Waals surface area contributed by atoms with Crippen molar-refractivity contribution in [3.05, 3.63) is 46.9 Å². The van der Waals surface area contributed by atoms with Crippen LogP contribution in [0, 0.1) is 5.82 Å². The van der Waals surface area contributed by atoms with Gasteiger partial charge in [-0.1, -0.05) is 12.1 Å². The summed E-state index contributed by atoms with van der Waals surface area (Å²) in [5.74, 6) is -0.874. The molecule has 0 saturated carbocycles. The fourth-order valence-corrected chi connectivity index (χ4v) is 2.20. The number of allylic oxidation sites excluding steroid dienone is 1. The van der Waals surface area contributed by atoms with Gasteiger partial charge in [-0.2, -0.15) is 0 Å². The lowest BCUT2D eigenvalue weighted by atomic mass is 9.95. The monoisotopic (exact) mass is 265 g/mol. The molecule has 0 spiro atoms. The number of benzene rings is 1. The average Bonchev–Trinajstić information content (AvgIpc) is 2.28. The smallest absolute Gasteiger partial charge is 0.248 e. The quantitative estimate of drug-likeness (QED) is 0.701. The largest absolute Gasteiger partial charge is 0.366 e. The van der Waals surface area contributed by atoms with Gasteiger partial charge in [-0.15, -0.1) is 0 Å².